The summed E-state index contributed by atoms with van der Waals surface area (Å²) in [5.41, 5.74) is 3.12. The molecule has 1 aliphatic rings. The van der Waals surface area contributed by atoms with Crippen molar-refractivity contribution in [1.29, 1.82) is 0 Å². The number of halogens is 1. The van der Waals surface area contributed by atoms with Gasteiger partial charge in [0.05, 0.1) is 29.3 Å². The minimum atomic E-state index is -0.335. The minimum Gasteiger partial charge on any atom is -0.496 e. The van der Waals surface area contributed by atoms with Gasteiger partial charge in [-0.2, -0.15) is 0 Å². The van der Waals surface area contributed by atoms with Gasteiger partial charge in [-0.3, -0.25) is 19.7 Å². The zero-order chi connectivity index (χ0) is 24.9. The first-order valence-electron chi connectivity index (χ1n) is 11.7. The number of hydrogen-bond donors (Lipinski definition) is 1. The Morgan fingerprint density at radius 2 is 1.92 bits per heavy atom. The van der Waals surface area contributed by atoms with Crippen molar-refractivity contribution in [3.05, 3.63) is 90.1 Å². The van der Waals surface area contributed by atoms with Crippen LogP contribution in [-0.2, 0) is 6.54 Å². The van der Waals surface area contributed by atoms with E-state index in [2.05, 4.69) is 19.6 Å². The third kappa shape index (κ3) is 5.42. The number of ether oxygens (including phenoxy) is 1. The van der Waals surface area contributed by atoms with Crippen LogP contribution in [0.25, 0.3) is 10.9 Å². The molecule has 0 bridgehead atoms. The van der Waals surface area contributed by atoms with E-state index in [4.69, 9.17) is 4.74 Å². The number of hydrogen-bond acceptors (Lipinski definition) is 7. The van der Waals surface area contributed by atoms with Crippen LogP contribution in [-0.4, -0.2) is 59.0 Å². The van der Waals surface area contributed by atoms with Gasteiger partial charge >= 0.3 is 0 Å². The summed E-state index contributed by atoms with van der Waals surface area (Å²) in [7, 11) is 1.57. The molecule has 3 heterocycles. The summed E-state index contributed by atoms with van der Waals surface area (Å²) >= 11 is 1.47. The molecule has 0 saturated carbocycles. The summed E-state index contributed by atoms with van der Waals surface area (Å²) in [6.45, 7) is 3.21. The molecule has 4 aromatic rings. The van der Waals surface area contributed by atoms with Crippen LogP contribution in [0.4, 0.5) is 10.1 Å². The van der Waals surface area contributed by atoms with Crippen LogP contribution in [0, 0.1) is 5.82 Å². The van der Waals surface area contributed by atoms with Crippen LogP contribution >= 0.6 is 11.9 Å². The summed E-state index contributed by atoms with van der Waals surface area (Å²) in [4.78, 5) is 26.7. The number of fused-ring (bicyclic) bond motifs is 1. The maximum absolute atomic E-state index is 13.4. The van der Waals surface area contributed by atoms with E-state index in [-0.39, 0.29) is 11.7 Å². The molecule has 0 spiro atoms. The monoisotopic (exact) mass is 503 g/mol. The molecule has 0 unspecified atom stereocenters. The van der Waals surface area contributed by atoms with Gasteiger partial charge in [0.2, 0.25) is 0 Å². The molecule has 1 fully saturated rings. The molecule has 1 amide bonds. The Morgan fingerprint density at radius 3 is 2.72 bits per heavy atom. The van der Waals surface area contributed by atoms with Crippen molar-refractivity contribution >= 4 is 34.4 Å². The number of anilines is 1. The molecule has 0 atom stereocenters. The van der Waals surface area contributed by atoms with Gasteiger partial charge in [0.15, 0.2) is 0 Å². The summed E-state index contributed by atoms with van der Waals surface area (Å²) < 4.78 is 22.3. The van der Waals surface area contributed by atoms with Crippen molar-refractivity contribution in [2.45, 2.75) is 11.4 Å². The highest BCUT2D eigenvalue weighted by Crippen LogP contribution is 2.30. The van der Waals surface area contributed by atoms with E-state index >= 15 is 0 Å². The maximum Gasteiger partial charge on any atom is 0.257 e. The second-order valence-corrected chi connectivity index (χ2v) is 9.38. The first-order valence-corrected chi connectivity index (χ1v) is 12.5. The maximum atomic E-state index is 13.4. The molecule has 2 aromatic heterocycles. The number of methoxy groups -OCH3 is 1. The Labute approximate surface area is 213 Å². The molecule has 36 heavy (non-hydrogen) atoms. The van der Waals surface area contributed by atoms with Gasteiger partial charge < -0.3 is 14.4 Å². The van der Waals surface area contributed by atoms with Crippen molar-refractivity contribution < 1.29 is 13.9 Å². The molecular formula is C27H26FN5O2S. The number of carbonyl (C=O) groups is 1. The van der Waals surface area contributed by atoms with Gasteiger partial charge in [-0.15, -0.1) is 0 Å². The van der Waals surface area contributed by atoms with Gasteiger partial charge in [-0.1, -0.05) is 18.2 Å². The molecule has 7 nitrogen and oxygen atoms in total. The third-order valence-corrected chi connectivity index (χ3v) is 7.02. The Hall–Kier alpha value is -3.69. The summed E-state index contributed by atoms with van der Waals surface area (Å²) in [5.74, 6) is 0.129. The van der Waals surface area contributed by atoms with Gasteiger partial charge in [0.1, 0.15) is 11.6 Å². The standard InChI is InChI=1S/C27H26FN5O2S/c1-35-24-15-22(31-36-25-6-2-4-20-5-3-9-30-26(20)25)7-8-23(24)27(34)33-12-10-32(11-13-33)18-19-14-21(28)17-29-16-19/h2-9,14-17,31H,10-13,18H2,1H3. The first-order chi connectivity index (χ1) is 17.6. The van der Waals surface area contributed by atoms with E-state index in [9.17, 15) is 9.18 Å². The van der Waals surface area contributed by atoms with E-state index < -0.39 is 0 Å². The second-order valence-electron chi connectivity index (χ2n) is 8.53. The molecule has 1 saturated heterocycles. The largest absolute Gasteiger partial charge is 0.496 e. The highest BCUT2D eigenvalue weighted by atomic mass is 32.2. The van der Waals surface area contributed by atoms with Gasteiger partial charge in [-0.05, 0) is 47.8 Å². The smallest absolute Gasteiger partial charge is 0.257 e. The quantitative estimate of drug-likeness (QED) is 0.362. The highest BCUT2D eigenvalue weighted by Gasteiger charge is 2.24. The molecule has 5 rings (SSSR count). The van der Waals surface area contributed by atoms with E-state index in [1.807, 2.05) is 47.4 Å². The second kappa shape index (κ2) is 10.9. The average molecular weight is 504 g/mol. The number of nitrogens with one attached hydrogen (secondary N) is 1. The summed E-state index contributed by atoms with van der Waals surface area (Å²) in [6.07, 6.45) is 4.66. The Bertz CT molecular complexity index is 1370. The molecule has 0 radical (unpaired) electrons. The van der Waals surface area contributed by atoms with E-state index in [0.717, 1.165) is 27.0 Å². The summed E-state index contributed by atoms with van der Waals surface area (Å²) in [5, 5.41) is 1.08. The molecule has 1 aliphatic heterocycles. The fourth-order valence-corrected chi connectivity index (χ4v) is 5.05. The van der Waals surface area contributed by atoms with Crippen molar-refractivity contribution in [2.75, 3.05) is 38.0 Å². The molecule has 184 valence electrons. The summed E-state index contributed by atoms with van der Waals surface area (Å²) in [6, 6.07) is 17.0. The van der Waals surface area contributed by atoms with Gasteiger partial charge in [0, 0.05) is 62.3 Å². The van der Waals surface area contributed by atoms with Crippen molar-refractivity contribution in [1.82, 2.24) is 19.8 Å². The van der Waals surface area contributed by atoms with Crippen LogP contribution in [0.2, 0.25) is 0 Å². The van der Waals surface area contributed by atoms with Gasteiger partial charge in [-0.25, -0.2) is 4.39 Å². The first kappa shape index (κ1) is 24.0. The molecule has 1 N–H and O–H groups in total. The molecule has 0 aliphatic carbocycles. The van der Waals surface area contributed by atoms with Gasteiger partial charge in [0.25, 0.3) is 5.91 Å². The van der Waals surface area contributed by atoms with Crippen LogP contribution in [0.15, 0.2) is 78.1 Å². The lowest BCUT2D eigenvalue weighted by Gasteiger charge is -2.35. The van der Waals surface area contributed by atoms with Crippen molar-refractivity contribution in [3.8, 4) is 5.75 Å². The molecular weight excluding hydrogens is 477 g/mol. The Balaban J connectivity index is 1.22. The number of piperazine rings is 1. The number of nitrogens with zero attached hydrogens (tertiary/aromatic N) is 4. The number of pyridine rings is 2. The average Bonchev–Trinajstić information content (AvgIpc) is 2.92. The lowest BCUT2D eigenvalue weighted by molar-refractivity contribution is 0.0625. The lowest BCUT2D eigenvalue weighted by atomic mass is 10.1. The predicted molar refractivity (Wildman–Crippen MR) is 140 cm³/mol. The number of rotatable bonds is 7. The topological polar surface area (TPSA) is 70.6 Å². The van der Waals surface area contributed by atoms with E-state index in [0.29, 0.717) is 44.0 Å². The lowest BCUT2D eigenvalue weighted by Crippen LogP contribution is -2.48. The van der Waals surface area contributed by atoms with Crippen molar-refractivity contribution in [3.63, 3.8) is 0 Å². The number of carbonyl (C=O) groups excluding carboxylic acids is 1. The zero-order valence-electron chi connectivity index (χ0n) is 19.9. The van der Waals surface area contributed by atoms with Crippen LogP contribution in [0.1, 0.15) is 15.9 Å². The highest BCUT2D eigenvalue weighted by molar-refractivity contribution is 8.00. The predicted octanol–water partition coefficient (Wildman–Crippen LogP) is 4.85. The number of para-hydroxylation sites is 1. The third-order valence-electron chi connectivity index (χ3n) is 6.13. The van der Waals surface area contributed by atoms with E-state index in [1.165, 1.54) is 24.2 Å². The number of aromatic nitrogens is 2. The van der Waals surface area contributed by atoms with Crippen LogP contribution in [0.5, 0.6) is 5.75 Å². The SMILES string of the molecule is COc1cc(NSc2cccc3cccnc23)ccc1C(=O)N1CCN(Cc2cncc(F)c2)CC1. The zero-order valence-corrected chi connectivity index (χ0v) is 20.7. The Kier molecular flexibility index (Phi) is 7.29. The van der Waals surface area contributed by atoms with Crippen LogP contribution < -0.4 is 9.46 Å². The fraction of sp³-hybridized carbons (Fsp3) is 0.222. The van der Waals surface area contributed by atoms with Crippen LogP contribution in [0.3, 0.4) is 0 Å². The number of amides is 1. The normalized spacial score (nSPS) is 14.1. The Morgan fingerprint density at radius 1 is 1.08 bits per heavy atom. The van der Waals surface area contributed by atoms with Crippen molar-refractivity contribution in [2.24, 2.45) is 0 Å². The molecule has 2 aromatic carbocycles. The fourth-order valence-electron chi connectivity index (χ4n) is 4.28. The number of benzene rings is 2. The minimum absolute atomic E-state index is 0.0589. The molecule has 9 heteroatoms. The van der Waals surface area contributed by atoms with E-state index in [1.54, 1.807) is 25.6 Å².